The predicted molar refractivity (Wildman–Crippen MR) is 103 cm³/mol. The van der Waals surface area contributed by atoms with E-state index in [0.29, 0.717) is 36.8 Å². The molecule has 29 heavy (non-hydrogen) atoms. The number of nitro benzene ring substituents is 1. The van der Waals surface area contributed by atoms with Gasteiger partial charge in [-0.15, -0.1) is 0 Å². The van der Waals surface area contributed by atoms with Gasteiger partial charge in [0, 0.05) is 37.3 Å². The summed E-state index contributed by atoms with van der Waals surface area (Å²) < 4.78 is 16.3. The average Bonchev–Trinajstić information content (AvgIpc) is 3.22. The maximum atomic E-state index is 12.6. The molecule has 2 aliphatic rings. The Morgan fingerprint density at radius 3 is 2.55 bits per heavy atom. The summed E-state index contributed by atoms with van der Waals surface area (Å²) in [4.78, 5) is 25.1. The molecule has 9 nitrogen and oxygen atoms in total. The summed E-state index contributed by atoms with van der Waals surface area (Å²) >= 11 is 0. The molecule has 0 bridgehead atoms. The van der Waals surface area contributed by atoms with Crippen LogP contribution in [0.1, 0.15) is 22.0 Å². The van der Waals surface area contributed by atoms with Crippen LogP contribution in [0.25, 0.3) is 0 Å². The number of carbonyl (C=O) groups excluding carboxylic acids is 1. The third kappa shape index (κ3) is 4.30. The van der Waals surface area contributed by atoms with Crippen molar-refractivity contribution in [2.24, 2.45) is 0 Å². The Labute approximate surface area is 167 Å². The van der Waals surface area contributed by atoms with E-state index in [4.69, 9.17) is 14.2 Å². The second-order valence-corrected chi connectivity index (χ2v) is 6.79. The summed E-state index contributed by atoms with van der Waals surface area (Å²) in [5, 5.41) is 13.7. The standard InChI is InChI=1S/C20H21N3O6/c24-20(14-1-4-16(5-2-14)23(25)26)21-12-17(22-7-9-27-10-8-22)15-3-6-18-19(11-15)29-13-28-18/h1-6,11,17H,7-10,12-13H2,(H,21,24)/t17-/m1/s1. The maximum Gasteiger partial charge on any atom is 0.269 e. The fourth-order valence-corrected chi connectivity index (χ4v) is 3.49. The van der Waals surface area contributed by atoms with Crippen LogP contribution < -0.4 is 14.8 Å². The SMILES string of the molecule is O=C(NC[C@H](c1ccc2c(c1)OCO2)N1CCOCC1)c1ccc([N+](=O)[O-])cc1. The van der Waals surface area contributed by atoms with Gasteiger partial charge in [0.1, 0.15) is 0 Å². The minimum Gasteiger partial charge on any atom is -0.454 e. The smallest absolute Gasteiger partial charge is 0.269 e. The van der Waals surface area contributed by atoms with Gasteiger partial charge >= 0.3 is 0 Å². The van der Waals surface area contributed by atoms with E-state index >= 15 is 0 Å². The molecule has 0 saturated carbocycles. The Morgan fingerprint density at radius 1 is 1.10 bits per heavy atom. The summed E-state index contributed by atoms with van der Waals surface area (Å²) in [6, 6.07) is 11.3. The molecule has 2 heterocycles. The van der Waals surface area contributed by atoms with Gasteiger partial charge < -0.3 is 19.5 Å². The maximum absolute atomic E-state index is 12.6. The number of fused-ring (bicyclic) bond motifs is 1. The molecule has 0 spiro atoms. The number of benzene rings is 2. The number of carbonyl (C=O) groups is 1. The van der Waals surface area contributed by atoms with Gasteiger partial charge in [-0.05, 0) is 29.8 Å². The van der Waals surface area contributed by atoms with Crippen LogP contribution in [-0.2, 0) is 4.74 Å². The van der Waals surface area contributed by atoms with Crippen molar-refractivity contribution in [3.8, 4) is 11.5 Å². The monoisotopic (exact) mass is 399 g/mol. The third-order valence-corrected chi connectivity index (χ3v) is 5.06. The summed E-state index contributed by atoms with van der Waals surface area (Å²) in [6.45, 7) is 3.38. The first kappa shape index (κ1) is 19.2. The molecule has 1 fully saturated rings. The summed E-state index contributed by atoms with van der Waals surface area (Å²) in [6.07, 6.45) is 0. The van der Waals surface area contributed by atoms with Crippen molar-refractivity contribution in [3.05, 3.63) is 63.7 Å². The minimum absolute atomic E-state index is 0.0481. The van der Waals surface area contributed by atoms with Crippen LogP contribution in [-0.4, -0.2) is 55.4 Å². The zero-order chi connectivity index (χ0) is 20.2. The quantitative estimate of drug-likeness (QED) is 0.586. The molecule has 2 aliphatic heterocycles. The van der Waals surface area contributed by atoms with E-state index in [-0.39, 0.29) is 24.4 Å². The molecule has 0 unspecified atom stereocenters. The molecule has 2 aromatic carbocycles. The van der Waals surface area contributed by atoms with Gasteiger partial charge in [0.2, 0.25) is 6.79 Å². The van der Waals surface area contributed by atoms with Crippen LogP contribution in [0, 0.1) is 10.1 Å². The number of nitrogens with one attached hydrogen (secondary N) is 1. The highest BCUT2D eigenvalue weighted by Crippen LogP contribution is 2.35. The molecular weight excluding hydrogens is 378 g/mol. The van der Waals surface area contributed by atoms with Gasteiger partial charge in [0.05, 0.1) is 24.2 Å². The van der Waals surface area contributed by atoms with Gasteiger partial charge in [-0.25, -0.2) is 0 Å². The zero-order valence-electron chi connectivity index (χ0n) is 15.7. The zero-order valence-corrected chi connectivity index (χ0v) is 15.7. The van der Waals surface area contributed by atoms with Crippen molar-refractivity contribution >= 4 is 11.6 Å². The topological polar surface area (TPSA) is 103 Å². The predicted octanol–water partition coefficient (Wildman–Crippen LogP) is 2.13. The number of ether oxygens (including phenoxy) is 3. The Kier molecular flexibility index (Phi) is 5.59. The number of hydrogen-bond donors (Lipinski definition) is 1. The highest BCUT2D eigenvalue weighted by atomic mass is 16.7. The van der Waals surface area contributed by atoms with E-state index < -0.39 is 4.92 Å². The largest absolute Gasteiger partial charge is 0.454 e. The number of non-ortho nitro benzene ring substituents is 1. The van der Waals surface area contributed by atoms with Crippen molar-refractivity contribution < 1.29 is 23.9 Å². The highest BCUT2D eigenvalue weighted by Gasteiger charge is 2.25. The van der Waals surface area contributed by atoms with Crippen molar-refractivity contribution in [3.63, 3.8) is 0 Å². The molecule has 0 aromatic heterocycles. The van der Waals surface area contributed by atoms with Crippen LogP contribution in [0.15, 0.2) is 42.5 Å². The molecule has 4 rings (SSSR count). The second kappa shape index (κ2) is 8.46. The van der Waals surface area contributed by atoms with E-state index in [0.717, 1.165) is 18.7 Å². The van der Waals surface area contributed by atoms with Crippen molar-refractivity contribution in [1.82, 2.24) is 10.2 Å². The lowest BCUT2D eigenvalue weighted by Gasteiger charge is -2.35. The number of morpholine rings is 1. The van der Waals surface area contributed by atoms with E-state index in [9.17, 15) is 14.9 Å². The number of hydrogen-bond acceptors (Lipinski definition) is 7. The molecule has 1 amide bonds. The van der Waals surface area contributed by atoms with E-state index in [1.807, 2.05) is 18.2 Å². The Morgan fingerprint density at radius 2 is 1.83 bits per heavy atom. The van der Waals surface area contributed by atoms with Gasteiger partial charge in [0.25, 0.3) is 11.6 Å². The van der Waals surface area contributed by atoms with Gasteiger partial charge in [-0.3, -0.25) is 19.8 Å². The first-order chi connectivity index (χ1) is 14.1. The van der Waals surface area contributed by atoms with Crippen LogP contribution in [0.5, 0.6) is 11.5 Å². The van der Waals surface area contributed by atoms with Gasteiger partial charge in [-0.1, -0.05) is 6.07 Å². The summed E-state index contributed by atoms with van der Waals surface area (Å²) in [5.41, 5.74) is 1.34. The number of rotatable bonds is 6. The lowest BCUT2D eigenvalue weighted by atomic mass is 10.0. The Balaban J connectivity index is 1.49. The minimum atomic E-state index is -0.490. The van der Waals surface area contributed by atoms with Crippen LogP contribution in [0.3, 0.4) is 0 Å². The van der Waals surface area contributed by atoms with Gasteiger partial charge in [0.15, 0.2) is 11.5 Å². The van der Waals surface area contributed by atoms with Crippen LogP contribution in [0.2, 0.25) is 0 Å². The number of amides is 1. The first-order valence-electron chi connectivity index (χ1n) is 9.36. The molecule has 0 aliphatic carbocycles. The molecule has 0 radical (unpaired) electrons. The van der Waals surface area contributed by atoms with Crippen molar-refractivity contribution in [2.75, 3.05) is 39.6 Å². The lowest BCUT2D eigenvalue weighted by molar-refractivity contribution is -0.384. The van der Waals surface area contributed by atoms with Crippen LogP contribution in [0.4, 0.5) is 5.69 Å². The van der Waals surface area contributed by atoms with E-state index in [1.165, 1.54) is 24.3 Å². The lowest BCUT2D eigenvalue weighted by Crippen LogP contribution is -2.43. The van der Waals surface area contributed by atoms with Gasteiger partial charge in [-0.2, -0.15) is 0 Å². The molecule has 9 heteroatoms. The summed E-state index contributed by atoms with van der Waals surface area (Å²) in [5.74, 6) is 1.13. The van der Waals surface area contributed by atoms with Crippen molar-refractivity contribution in [2.45, 2.75) is 6.04 Å². The number of nitro groups is 1. The Bertz CT molecular complexity index is 896. The van der Waals surface area contributed by atoms with E-state index in [1.54, 1.807) is 0 Å². The number of nitrogens with zero attached hydrogens (tertiary/aromatic N) is 2. The molecule has 1 atom stereocenters. The molecule has 1 saturated heterocycles. The van der Waals surface area contributed by atoms with E-state index in [2.05, 4.69) is 10.2 Å². The normalized spacial score (nSPS) is 17.0. The molecule has 2 aromatic rings. The van der Waals surface area contributed by atoms with Crippen LogP contribution >= 0.6 is 0 Å². The molecule has 1 N–H and O–H groups in total. The molecule has 152 valence electrons. The fraction of sp³-hybridized carbons (Fsp3) is 0.350. The molecular formula is C20H21N3O6. The fourth-order valence-electron chi connectivity index (χ4n) is 3.49. The van der Waals surface area contributed by atoms with Crippen molar-refractivity contribution in [1.29, 1.82) is 0 Å². The summed E-state index contributed by atoms with van der Waals surface area (Å²) in [7, 11) is 0. The highest BCUT2D eigenvalue weighted by molar-refractivity contribution is 5.94. The second-order valence-electron chi connectivity index (χ2n) is 6.79. The third-order valence-electron chi connectivity index (χ3n) is 5.06. The Hall–Kier alpha value is -3.17. The first-order valence-corrected chi connectivity index (χ1v) is 9.36. The average molecular weight is 399 g/mol.